The van der Waals surface area contributed by atoms with E-state index in [1.165, 1.54) is 122 Å². The molecule has 6 heteroatoms. The second-order valence-electron chi connectivity index (χ2n) is 30.7. The second-order valence-corrected chi connectivity index (χ2v) is 32.5. The highest BCUT2D eigenvalue weighted by molar-refractivity contribution is 9.10. The summed E-state index contributed by atoms with van der Waals surface area (Å²) in [6, 6.07) is 76.4. The van der Waals surface area contributed by atoms with Crippen LogP contribution in [0.2, 0.25) is 10.0 Å². The molecule has 2 spiro atoms. The van der Waals surface area contributed by atoms with Crippen molar-refractivity contribution < 1.29 is 9.31 Å². The van der Waals surface area contributed by atoms with Crippen molar-refractivity contribution in [2.24, 2.45) is 0 Å². The van der Waals surface area contributed by atoms with Gasteiger partial charge in [0, 0.05) is 14.5 Å². The molecule has 0 radical (unpaired) electrons. The van der Waals surface area contributed by atoms with Crippen molar-refractivity contribution in [2.45, 2.75) is 154 Å². The lowest BCUT2D eigenvalue weighted by Crippen LogP contribution is -2.42. The maximum absolute atomic E-state index is 6.79. The molecular weight excluding hydrogens is 1200 g/mol. The van der Waals surface area contributed by atoms with Crippen LogP contribution in [0.15, 0.2) is 211 Å². The van der Waals surface area contributed by atoms with Crippen LogP contribution < -0.4 is 5.46 Å². The molecule has 1 saturated heterocycles. The molecule has 0 N–H and O–H groups in total. The van der Waals surface area contributed by atoms with Crippen molar-refractivity contribution in [3.8, 4) is 55.6 Å². The van der Waals surface area contributed by atoms with Gasteiger partial charge in [0.2, 0.25) is 0 Å². The van der Waals surface area contributed by atoms with E-state index < -0.39 is 29.2 Å². The Morgan fingerprint density at radius 2 is 0.633 bits per heavy atom. The first-order valence-corrected chi connectivity index (χ1v) is 33.5. The molecule has 1 aliphatic heterocycles. The summed E-state index contributed by atoms with van der Waals surface area (Å²) < 4.78 is 14.6. The molecule has 5 aliphatic rings. The number of benzene rings is 10. The van der Waals surface area contributed by atoms with Crippen LogP contribution in [0.25, 0.3) is 55.6 Å². The van der Waals surface area contributed by atoms with E-state index in [1.807, 2.05) is 36.4 Å². The van der Waals surface area contributed by atoms with Gasteiger partial charge in [0.05, 0.1) is 22.0 Å². The standard InChI is InChI=1S/C39H43BO2.C39H35Cl.C6H4BrCl/c1-35(2,3)24-18-20-27-28-21-19-25(36(4,5)6)23-32(28)39(31(27)22-24)30-16-12-11-14-26(30)29-15-13-17-33(34(29)39)40-41-37(7,8)38(9,10)42-40;1-37(2,3)25-16-20-30-31-21-17-26(38(4,5)6)23-35(31)39(34(30)22-25)33-13-8-7-10-29(33)32-12-9-11-28(36(32)39)24-14-18-27(40)19-15-24;7-5-1-3-6(8)4-2-5/h11-23H,1-10H3;7-23H,1-6H3;1-4H. The molecule has 10 aromatic rings. The Kier molecular flexibility index (Phi) is 15.0. The summed E-state index contributed by atoms with van der Waals surface area (Å²) in [6.07, 6.45) is 0. The minimum atomic E-state index is -0.473. The Balaban J connectivity index is 0.000000147. The van der Waals surface area contributed by atoms with Gasteiger partial charge in [-0.3, -0.25) is 0 Å². The lowest BCUT2D eigenvalue weighted by atomic mass is 9.63. The van der Waals surface area contributed by atoms with Gasteiger partial charge < -0.3 is 9.31 Å². The summed E-state index contributed by atoms with van der Waals surface area (Å²) in [5.41, 5.74) is 28.9. The van der Waals surface area contributed by atoms with E-state index in [1.54, 1.807) is 0 Å². The Labute approximate surface area is 554 Å². The fourth-order valence-electron chi connectivity index (χ4n) is 14.9. The number of hydrogen-bond acceptors (Lipinski definition) is 2. The zero-order valence-corrected chi connectivity index (χ0v) is 58.3. The van der Waals surface area contributed by atoms with E-state index >= 15 is 0 Å². The zero-order chi connectivity index (χ0) is 64.0. The fourth-order valence-corrected chi connectivity index (χ4v) is 15.4. The number of halogens is 3. The summed E-state index contributed by atoms with van der Waals surface area (Å²) in [6.45, 7) is 36.4. The van der Waals surface area contributed by atoms with Gasteiger partial charge in [0.15, 0.2) is 0 Å². The minimum Gasteiger partial charge on any atom is -0.399 e. The molecule has 0 unspecified atom stereocenters. The van der Waals surface area contributed by atoms with Crippen LogP contribution in [-0.4, -0.2) is 18.3 Å². The van der Waals surface area contributed by atoms with Gasteiger partial charge in [-0.25, -0.2) is 0 Å². The van der Waals surface area contributed by atoms with Gasteiger partial charge in [-0.05, 0) is 214 Å². The van der Waals surface area contributed by atoms with Gasteiger partial charge in [-0.1, -0.05) is 292 Å². The Bertz CT molecular complexity index is 4340. The van der Waals surface area contributed by atoms with E-state index in [4.69, 9.17) is 32.5 Å². The average molecular weight is 1290 g/mol. The molecule has 4 aliphatic carbocycles. The van der Waals surface area contributed by atoms with Crippen LogP contribution in [0.1, 0.15) is 178 Å². The molecule has 0 bridgehead atoms. The highest BCUT2D eigenvalue weighted by Crippen LogP contribution is 2.66. The van der Waals surface area contributed by atoms with Gasteiger partial charge in [0.25, 0.3) is 0 Å². The highest BCUT2D eigenvalue weighted by Gasteiger charge is 2.59. The van der Waals surface area contributed by atoms with E-state index in [0.717, 1.165) is 20.0 Å². The topological polar surface area (TPSA) is 18.5 Å². The number of hydrogen-bond donors (Lipinski definition) is 0. The molecule has 0 aromatic heterocycles. The van der Waals surface area contributed by atoms with Gasteiger partial charge in [0.1, 0.15) is 0 Å². The third kappa shape index (κ3) is 9.87. The van der Waals surface area contributed by atoms with Gasteiger partial charge in [-0.2, -0.15) is 0 Å². The first-order valence-electron chi connectivity index (χ1n) is 32.0. The SMILES string of the molecule is CC(C)(C)c1ccc2c(c1)C1(c3cc(C(C)(C)C)ccc3-2)c2ccccc2-c2cccc(-c3ccc(Cl)cc3)c21.CC(C)(C)c1ccc2c(c1)C1(c3cc(C(C)(C)C)ccc3-2)c2ccccc2-c2cccc(B3OC(C)(C)C(C)(C)O3)c21.Clc1ccc(Br)cc1. The number of fused-ring (bicyclic) bond motifs is 20. The molecule has 1 heterocycles. The Morgan fingerprint density at radius 1 is 0.322 bits per heavy atom. The first-order chi connectivity index (χ1) is 42.4. The van der Waals surface area contributed by atoms with E-state index in [2.05, 4.69) is 297 Å². The van der Waals surface area contributed by atoms with Crippen LogP contribution in [0.3, 0.4) is 0 Å². The maximum Gasteiger partial charge on any atom is 0.495 e. The largest absolute Gasteiger partial charge is 0.495 e. The molecule has 1 fully saturated rings. The molecular formula is C84H82BBrCl2O2. The normalized spacial score (nSPS) is 16.2. The van der Waals surface area contributed by atoms with Crippen LogP contribution in [0.5, 0.6) is 0 Å². The quantitative estimate of drug-likeness (QED) is 0.161. The molecule has 10 aromatic carbocycles. The third-order valence-electron chi connectivity index (χ3n) is 20.4. The van der Waals surface area contributed by atoms with Crippen molar-refractivity contribution in [3.63, 3.8) is 0 Å². The highest BCUT2D eigenvalue weighted by atomic mass is 79.9. The summed E-state index contributed by atoms with van der Waals surface area (Å²) in [5.74, 6) is 0. The predicted molar refractivity (Wildman–Crippen MR) is 386 cm³/mol. The molecule has 0 saturated carbocycles. The average Bonchev–Trinajstić information content (AvgIpc) is 1.51. The molecule has 15 rings (SSSR count). The lowest BCUT2D eigenvalue weighted by molar-refractivity contribution is 0.00578. The first kappa shape index (κ1) is 62.1. The predicted octanol–water partition coefficient (Wildman–Crippen LogP) is 23.0. The lowest BCUT2D eigenvalue weighted by Gasteiger charge is -2.34. The minimum absolute atomic E-state index is 0.0216. The number of rotatable bonds is 2. The Morgan fingerprint density at radius 3 is 1.01 bits per heavy atom. The van der Waals surface area contributed by atoms with Crippen molar-refractivity contribution in [1.82, 2.24) is 0 Å². The molecule has 454 valence electrons. The van der Waals surface area contributed by atoms with Gasteiger partial charge >= 0.3 is 7.12 Å². The summed E-state index contributed by atoms with van der Waals surface area (Å²) >= 11 is 15.2. The molecule has 90 heavy (non-hydrogen) atoms. The second kappa shape index (κ2) is 21.7. The van der Waals surface area contributed by atoms with Crippen molar-refractivity contribution in [3.05, 3.63) is 288 Å². The molecule has 2 nitrogen and oxygen atoms in total. The van der Waals surface area contributed by atoms with Gasteiger partial charge in [-0.15, -0.1) is 0 Å². The maximum atomic E-state index is 6.79. The van der Waals surface area contributed by atoms with E-state index in [0.29, 0.717) is 0 Å². The monoisotopic (exact) mass is 1280 g/mol. The Hall–Kier alpha value is -6.76. The zero-order valence-electron chi connectivity index (χ0n) is 55.2. The van der Waals surface area contributed by atoms with Crippen LogP contribution in [0, 0.1) is 0 Å². The summed E-state index contributed by atoms with van der Waals surface area (Å²) in [4.78, 5) is 0. The van der Waals surface area contributed by atoms with Crippen LogP contribution in [0.4, 0.5) is 0 Å². The third-order valence-corrected chi connectivity index (χ3v) is 21.4. The van der Waals surface area contributed by atoms with E-state index in [-0.39, 0.29) is 21.7 Å². The smallest absolute Gasteiger partial charge is 0.399 e. The summed E-state index contributed by atoms with van der Waals surface area (Å²) in [5, 5.41) is 1.53. The van der Waals surface area contributed by atoms with Crippen molar-refractivity contribution >= 4 is 51.7 Å². The molecule has 0 atom stereocenters. The van der Waals surface area contributed by atoms with Crippen LogP contribution in [-0.2, 0) is 41.8 Å². The van der Waals surface area contributed by atoms with E-state index in [9.17, 15) is 0 Å². The fraction of sp³-hybridized carbons (Fsp3) is 0.286. The van der Waals surface area contributed by atoms with Crippen molar-refractivity contribution in [1.29, 1.82) is 0 Å². The van der Waals surface area contributed by atoms with Crippen LogP contribution >= 0.6 is 39.1 Å². The summed E-state index contributed by atoms with van der Waals surface area (Å²) in [7, 11) is -0.458. The molecule has 0 amide bonds. The van der Waals surface area contributed by atoms with Crippen molar-refractivity contribution in [2.75, 3.05) is 0 Å².